The second kappa shape index (κ2) is 5.93. The van der Waals surface area contributed by atoms with Crippen molar-refractivity contribution >= 4 is 17.3 Å². The Morgan fingerprint density at radius 2 is 2.00 bits per heavy atom. The Hall–Kier alpha value is -1.75. The third-order valence-corrected chi connectivity index (χ3v) is 3.56. The molecule has 5 nitrogen and oxygen atoms in total. The molecule has 1 saturated heterocycles. The van der Waals surface area contributed by atoms with Crippen molar-refractivity contribution in [2.75, 3.05) is 37.9 Å². The Bertz CT molecular complexity index is 454. The predicted octanol–water partition coefficient (Wildman–Crippen LogP) is 1.67. The van der Waals surface area contributed by atoms with E-state index in [1.807, 2.05) is 6.07 Å². The summed E-state index contributed by atoms with van der Waals surface area (Å²) in [6, 6.07) is 5.33. The van der Waals surface area contributed by atoms with Gasteiger partial charge in [-0.05, 0) is 25.0 Å². The number of carbonyl (C=O) groups excluding carboxylic acids is 1. The van der Waals surface area contributed by atoms with E-state index < -0.39 is 0 Å². The molecule has 0 aromatic heterocycles. The smallest absolute Gasteiger partial charge is 0.340 e. The minimum Gasteiger partial charge on any atom is -0.465 e. The highest BCUT2D eigenvalue weighted by Gasteiger charge is 2.24. The van der Waals surface area contributed by atoms with Crippen LogP contribution in [0.25, 0.3) is 0 Å². The summed E-state index contributed by atoms with van der Waals surface area (Å²) in [4.78, 5) is 14.0. The van der Waals surface area contributed by atoms with E-state index in [1.165, 1.54) is 7.11 Å². The summed E-state index contributed by atoms with van der Waals surface area (Å²) in [7, 11) is 3.11. The van der Waals surface area contributed by atoms with Crippen molar-refractivity contribution in [2.24, 2.45) is 0 Å². The molecule has 1 aromatic carbocycles. The number of carbonyl (C=O) groups is 1. The first-order valence-electron chi connectivity index (χ1n) is 6.42. The van der Waals surface area contributed by atoms with Gasteiger partial charge in [0.1, 0.15) is 0 Å². The van der Waals surface area contributed by atoms with Gasteiger partial charge in [-0.1, -0.05) is 6.07 Å². The fourth-order valence-electron chi connectivity index (χ4n) is 2.50. The Kier molecular flexibility index (Phi) is 4.27. The van der Waals surface area contributed by atoms with E-state index >= 15 is 0 Å². The minimum absolute atomic E-state index is 0.294. The van der Waals surface area contributed by atoms with Crippen LogP contribution < -0.4 is 10.6 Å². The number of nitrogens with two attached hydrogens (primary N) is 1. The van der Waals surface area contributed by atoms with Crippen LogP contribution in [0, 0.1) is 0 Å². The molecule has 1 fully saturated rings. The molecule has 0 saturated carbocycles. The lowest BCUT2D eigenvalue weighted by atomic mass is 10.0. The van der Waals surface area contributed by atoms with E-state index in [9.17, 15) is 4.79 Å². The van der Waals surface area contributed by atoms with Gasteiger partial charge < -0.3 is 20.1 Å². The van der Waals surface area contributed by atoms with E-state index in [0.29, 0.717) is 17.4 Å². The molecule has 104 valence electrons. The molecule has 2 rings (SSSR count). The first-order chi connectivity index (χ1) is 9.17. The van der Waals surface area contributed by atoms with Crippen molar-refractivity contribution in [3.8, 4) is 0 Å². The van der Waals surface area contributed by atoms with Crippen LogP contribution in [0.5, 0.6) is 0 Å². The molecule has 1 aromatic rings. The second-order valence-corrected chi connectivity index (χ2v) is 4.66. The average Bonchev–Trinajstić information content (AvgIpc) is 2.46. The molecule has 0 bridgehead atoms. The summed E-state index contributed by atoms with van der Waals surface area (Å²) in [6.07, 6.45) is 2.17. The number of hydrogen-bond acceptors (Lipinski definition) is 5. The number of esters is 1. The number of benzene rings is 1. The molecular weight excluding hydrogens is 244 g/mol. The summed E-state index contributed by atoms with van der Waals surface area (Å²) in [5, 5.41) is 0. The Balaban J connectivity index is 2.26. The monoisotopic (exact) mass is 264 g/mol. The van der Waals surface area contributed by atoms with Crippen LogP contribution in [0.2, 0.25) is 0 Å². The van der Waals surface area contributed by atoms with E-state index in [4.69, 9.17) is 15.2 Å². The number of methoxy groups -OCH3 is 2. The molecule has 0 radical (unpaired) electrons. The number of hydrogen-bond donors (Lipinski definition) is 1. The second-order valence-electron chi connectivity index (χ2n) is 4.66. The van der Waals surface area contributed by atoms with Crippen LogP contribution in [-0.2, 0) is 9.47 Å². The maximum absolute atomic E-state index is 11.8. The fraction of sp³-hybridized carbons (Fsp3) is 0.500. The van der Waals surface area contributed by atoms with Crippen molar-refractivity contribution in [3.63, 3.8) is 0 Å². The first kappa shape index (κ1) is 13.7. The molecule has 0 aliphatic carbocycles. The molecule has 1 aliphatic heterocycles. The third-order valence-electron chi connectivity index (χ3n) is 3.56. The highest BCUT2D eigenvalue weighted by molar-refractivity contribution is 5.99. The van der Waals surface area contributed by atoms with Crippen LogP contribution in [0.1, 0.15) is 23.2 Å². The van der Waals surface area contributed by atoms with E-state index in [0.717, 1.165) is 31.6 Å². The van der Waals surface area contributed by atoms with Crippen LogP contribution in [0.4, 0.5) is 11.4 Å². The van der Waals surface area contributed by atoms with Gasteiger partial charge in [0.05, 0.1) is 30.2 Å². The van der Waals surface area contributed by atoms with Crippen molar-refractivity contribution in [2.45, 2.75) is 18.9 Å². The number of nitrogen functional groups attached to an aromatic ring is 1. The highest BCUT2D eigenvalue weighted by Crippen LogP contribution is 2.31. The molecule has 1 aliphatic rings. The van der Waals surface area contributed by atoms with Gasteiger partial charge in [-0.2, -0.15) is 0 Å². The van der Waals surface area contributed by atoms with E-state index in [2.05, 4.69) is 4.90 Å². The highest BCUT2D eigenvalue weighted by atomic mass is 16.5. The zero-order chi connectivity index (χ0) is 13.8. The number of para-hydroxylation sites is 1. The number of piperidine rings is 1. The SMILES string of the molecule is COC(=O)c1cccc(N)c1N1CCC(OC)CC1. The Morgan fingerprint density at radius 1 is 1.32 bits per heavy atom. The number of anilines is 2. The first-order valence-corrected chi connectivity index (χ1v) is 6.42. The van der Waals surface area contributed by atoms with Gasteiger partial charge in [0.25, 0.3) is 0 Å². The zero-order valence-electron chi connectivity index (χ0n) is 11.4. The van der Waals surface area contributed by atoms with Crippen LogP contribution in [-0.4, -0.2) is 39.4 Å². The molecule has 0 unspecified atom stereocenters. The zero-order valence-corrected chi connectivity index (χ0v) is 11.4. The quantitative estimate of drug-likeness (QED) is 0.664. The molecule has 1 heterocycles. The molecule has 0 atom stereocenters. The van der Waals surface area contributed by atoms with Gasteiger partial charge in [-0.3, -0.25) is 0 Å². The third kappa shape index (κ3) is 2.81. The number of rotatable bonds is 3. The van der Waals surface area contributed by atoms with Crippen molar-refractivity contribution in [1.29, 1.82) is 0 Å². The summed E-state index contributed by atoms with van der Waals surface area (Å²) >= 11 is 0. The summed E-state index contributed by atoms with van der Waals surface area (Å²) < 4.78 is 10.2. The maximum Gasteiger partial charge on any atom is 0.340 e. The summed E-state index contributed by atoms with van der Waals surface area (Å²) in [5.41, 5.74) is 7.95. The maximum atomic E-state index is 11.8. The van der Waals surface area contributed by atoms with Gasteiger partial charge in [-0.25, -0.2) is 4.79 Å². The minimum atomic E-state index is -0.351. The summed E-state index contributed by atoms with van der Waals surface area (Å²) in [5.74, 6) is -0.351. The van der Waals surface area contributed by atoms with Gasteiger partial charge in [-0.15, -0.1) is 0 Å². The predicted molar refractivity (Wildman–Crippen MR) is 74.4 cm³/mol. The van der Waals surface area contributed by atoms with E-state index in [-0.39, 0.29) is 5.97 Å². The Morgan fingerprint density at radius 3 is 2.58 bits per heavy atom. The molecule has 0 amide bonds. The average molecular weight is 264 g/mol. The lowest BCUT2D eigenvalue weighted by Crippen LogP contribution is -2.37. The lowest BCUT2D eigenvalue weighted by molar-refractivity contribution is 0.0601. The van der Waals surface area contributed by atoms with Crippen LogP contribution in [0.15, 0.2) is 18.2 Å². The lowest BCUT2D eigenvalue weighted by Gasteiger charge is -2.34. The van der Waals surface area contributed by atoms with Crippen LogP contribution >= 0.6 is 0 Å². The largest absolute Gasteiger partial charge is 0.465 e. The van der Waals surface area contributed by atoms with Crippen molar-refractivity contribution in [3.05, 3.63) is 23.8 Å². The van der Waals surface area contributed by atoms with E-state index in [1.54, 1.807) is 19.2 Å². The fourth-order valence-corrected chi connectivity index (χ4v) is 2.50. The summed E-state index contributed by atoms with van der Waals surface area (Å²) in [6.45, 7) is 1.66. The van der Waals surface area contributed by atoms with Gasteiger partial charge in [0.2, 0.25) is 0 Å². The normalized spacial score (nSPS) is 16.4. The molecule has 19 heavy (non-hydrogen) atoms. The van der Waals surface area contributed by atoms with Crippen molar-refractivity contribution < 1.29 is 14.3 Å². The topological polar surface area (TPSA) is 64.8 Å². The van der Waals surface area contributed by atoms with Crippen LogP contribution in [0.3, 0.4) is 0 Å². The van der Waals surface area contributed by atoms with Gasteiger partial charge in [0, 0.05) is 20.2 Å². The Labute approximate surface area is 113 Å². The van der Waals surface area contributed by atoms with Crippen molar-refractivity contribution in [1.82, 2.24) is 0 Å². The molecular formula is C14H20N2O3. The number of ether oxygens (including phenoxy) is 2. The number of nitrogens with zero attached hydrogens (tertiary/aromatic N) is 1. The standard InChI is InChI=1S/C14H20N2O3/c1-18-10-6-8-16(9-7-10)13-11(14(17)19-2)4-3-5-12(13)15/h3-5,10H,6-9,15H2,1-2H3. The molecule has 5 heteroatoms. The van der Waals surface area contributed by atoms with Gasteiger partial charge >= 0.3 is 5.97 Å². The molecule has 0 spiro atoms. The molecule has 2 N–H and O–H groups in total. The van der Waals surface area contributed by atoms with Gasteiger partial charge in [0.15, 0.2) is 0 Å².